The molecule has 0 bridgehead atoms. The summed E-state index contributed by atoms with van der Waals surface area (Å²) in [5, 5.41) is 1.73. The number of nitrogens with zero attached hydrogens (tertiary/aromatic N) is 1. The first-order valence-corrected chi connectivity index (χ1v) is 10.5. The molecule has 0 radical (unpaired) electrons. The molecular weight excluding hydrogens is 434 g/mol. The molecule has 6 nitrogen and oxygen atoms in total. The number of rotatable bonds is 8. The van der Waals surface area contributed by atoms with Crippen molar-refractivity contribution in [2.24, 2.45) is 5.92 Å². The smallest absolute Gasteiger partial charge is 0.308 e. The number of fused-ring (bicyclic) bond motifs is 3. The van der Waals surface area contributed by atoms with Crippen LogP contribution in [0, 0.1) is 5.92 Å². The Kier molecular flexibility index (Phi) is 6.16. The van der Waals surface area contributed by atoms with Crippen molar-refractivity contribution in [3.8, 4) is 5.75 Å². The number of hydrogen-bond acceptors (Lipinski definition) is 7. The molecule has 144 valence electrons. The van der Waals surface area contributed by atoms with E-state index in [2.05, 4.69) is 20.9 Å². The Morgan fingerprint density at radius 1 is 1.33 bits per heavy atom. The van der Waals surface area contributed by atoms with Gasteiger partial charge in [0.2, 0.25) is 0 Å². The van der Waals surface area contributed by atoms with Crippen molar-refractivity contribution >= 4 is 60.2 Å². The summed E-state index contributed by atoms with van der Waals surface area (Å²) in [6, 6.07) is 3.69. The van der Waals surface area contributed by atoms with E-state index in [1.165, 1.54) is 18.4 Å². The number of hydrogen-bond donors (Lipinski definition) is 0. The molecule has 3 aromatic rings. The average molecular weight is 454 g/mol. The van der Waals surface area contributed by atoms with Gasteiger partial charge >= 0.3 is 5.97 Å². The molecule has 0 spiro atoms. The van der Waals surface area contributed by atoms with Crippen molar-refractivity contribution in [1.82, 2.24) is 4.98 Å². The number of halogens is 1. The van der Waals surface area contributed by atoms with E-state index >= 15 is 0 Å². The number of carbonyl (C=O) groups is 2. The third-order valence-electron chi connectivity index (χ3n) is 4.29. The topological polar surface area (TPSA) is 78.6 Å². The molecule has 3 rings (SSSR count). The maximum atomic E-state index is 12.6. The summed E-state index contributed by atoms with van der Waals surface area (Å²) < 4.78 is 16.9. The third kappa shape index (κ3) is 4.01. The first-order valence-electron chi connectivity index (χ1n) is 8.55. The highest BCUT2D eigenvalue weighted by atomic mass is 79.9. The standard InChI is InChI=1S/C19H20BrNO5S/c1-10(19(23)25-3)7-12(22)15-8-11-14(27-15)9-13(24-2)18-17(11)21-16(26-18)5-4-6-20/h8-10H,4-7H2,1-3H3. The molecule has 0 aliphatic rings. The van der Waals surface area contributed by atoms with E-state index in [4.69, 9.17) is 13.9 Å². The molecule has 0 saturated heterocycles. The monoisotopic (exact) mass is 453 g/mol. The van der Waals surface area contributed by atoms with E-state index in [0.717, 1.165) is 28.3 Å². The minimum absolute atomic E-state index is 0.0933. The summed E-state index contributed by atoms with van der Waals surface area (Å²) in [5.41, 5.74) is 1.29. The number of aryl methyl sites for hydroxylation is 1. The van der Waals surface area contributed by atoms with Gasteiger partial charge in [-0.25, -0.2) is 4.98 Å². The maximum Gasteiger partial charge on any atom is 0.308 e. The Bertz CT molecular complexity index is 993. The molecule has 1 atom stereocenters. The predicted octanol–water partition coefficient (Wildman–Crippen LogP) is 4.76. The molecule has 8 heteroatoms. The number of carbonyl (C=O) groups excluding carboxylic acids is 2. The highest BCUT2D eigenvalue weighted by Crippen LogP contribution is 2.38. The molecule has 2 heterocycles. The van der Waals surface area contributed by atoms with Crippen molar-refractivity contribution in [2.45, 2.75) is 26.2 Å². The second kappa shape index (κ2) is 8.39. The molecule has 2 aromatic heterocycles. The van der Waals surface area contributed by atoms with Crippen LogP contribution in [0.25, 0.3) is 21.2 Å². The van der Waals surface area contributed by atoms with Gasteiger partial charge in [0.15, 0.2) is 23.0 Å². The molecule has 0 aliphatic heterocycles. The number of Topliss-reactive ketones (excluding diaryl/α,β-unsaturated/α-hetero) is 1. The van der Waals surface area contributed by atoms with E-state index < -0.39 is 5.92 Å². The van der Waals surface area contributed by atoms with Crippen molar-refractivity contribution in [3.05, 3.63) is 22.9 Å². The second-order valence-electron chi connectivity index (χ2n) is 6.23. The lowest BCUT2D eigenvalue weighted by Crippen LogP contribution is -2.16. The number of alkyl halides is 1. The Labute approximate surface area is 169 Å². The summed E-state index contributed by atoms with van der Waals surface area (Å²) in [4.78, 5) is 29.4. The third-order valence-corrected chi connectivity index (χ3v) is 5.97. The fraction of sp³-hybridized carbons (Fsp3) is 0.421. The van der Waals surface area contributed by atoms with Crippen LogP contribution >= 0.6 is 27.3 Å². The summed E-state index contributed by atoms with van der Waals surface area (Å²) in [6.45, 7) is 1.69. The van der Waals surface area contributed by atoms with Gasteiger partial charge in [-0.2, -0.15) is 0 Å². The first kappa shape index (κ1) is 19.8. The molecule has 0 fully saturated rings. The van der Waals surface area contributed by atoms with Gasteiger partial charge in [-0.15, -0.1) is 11.3 Å². The van der Waals surface area contributed by atoms with Crippen LogP contribution in [-0.4, -0.2) is 36.3 Å². The zero-order valence-electron chi connectivity index (χ0n) is 15.3. The average Bonchev–Trinajstić information content (AvgIpc) is 3.28. The van der Waals surface area contributed by atoms with E-state index in [9.17, 15) is 9.59 Å². The largest absolute Gasteiger partial charge is 0.493 e. The summed E-state index contributed by atoms with van der Waals surface area (Å²) in [7, 11) is 2.91. The fourth-order valence-electron chi connectivity index (χ4n) is 2.87. The quantitative estimate of drug-likeness (QED) is 0.278. The van der Waals surface area contributed by atoms with Gasteiger partial charge in [-0.05, 0) is 12.5 Å². The van der Waals surface area contributed by atoms with Gasteiger partial charge < -0.3 is 13.9 Å². The number of ether oxygens (including phenoxy) is 2. The van der Waals surface area contributed by atoms with Crippen molar-refractivity contribution < 1.29 is 23.5 Å². The molecule has 0 N–H and O–H groups in total. The molecule has 1 aromatic carbocycles. The Morgan fingerprint density at radius 2 is 2.11 bits per heavy atom. The van der Waals surface area contributed by atoms with Crippen LogP contribution in [0.5, 0.6) is 5.75 Å². The van der Waals surface area contributed by atoms with Crippen molar-refractivity contribution in [2.75, 3.05) is 19.5 Å². The minimum Gasteiger partial charge on any atom is -0.493 e. The highest BCUT2D eigenvalue weighted by Gasteiger charge is 2.22. The van der Waals surface area contributed by atoms with Gasteiger partial charge in [-0.3, -0.25) is 9.59 Å². The number of ketones is 1. The van der Waals surface area contributed by atoms with Gasteiger partial charge in [0.05, 0.1) is 25.0 Å². The lowest BCUT2D eigenvalue weighted by atomic mass is 10.0. The lowest BCUT2D eigenvalue weighted by molar-refractivity contribution is -0.144. The van der Waals surface area contributed by atoms with Gasteiger partial charge in [-0.1, -0.05) is 22.9 Å². The van der Waals surface area contributed by atoms with E-state index in [1.54, 1.807) is 14.0 Å². The zero-order chi connectivity index (χ0) is 19.6. The van der Waals surface area contributed by atoms with Crippen LogP contribution in [0.1, 0.15) is 35.3 Å². The molecule has 0 amide bonds. The number of oxazole rings is 1. The minimum atomic E-state index is -0.481. The predicted molar refractivity (Wildman–Crippen MR) is 108 cm³/mol. The van der Waals surface area contributed by atoms with Crippen LogP contribution < -0.4 is 4.74 Å². The SMILES string of the molecule is COC(=O)C(C)CC(=O)c1cc2c(cc(OC)c3oc(CCCBr)nc32)s1. The van der Waals surface area contributed by atoms with Crippen LogP contribution in [0.3, 0.4) is 0 Å². The molecule has 0 aliphatic carbocycles. The summed E-state index contributed by atoms with van der Waals surface area (Å²) in [5.74, 6) is 0.281. The highest BCUT2D eigenvalue weighted by molar-refractivity contribution is 9.09. The van der Waals surface area contributed by atoms with Crippen molar-refractivity contribution in [3.63, 3.8) is 0 Å². The molecule has 27 heavy (non-hydrogen) atoms. The van der Waals surface area contributed by atoms with Gasteiger partial charge in [0.25, 0.3) is 0 Å². The normalized spacial score (nSPS) is 12.4. The van der Waals surface area contributed by atoms with Crippen LogP contribution in [0.2, 0.25) is 0 Å². The number of benzene rings is 1. The van der Waals surface area contributed by atoms with Gasteiger partial charge in [0, 0.05) is 34.3 Å². The summed E-state index contributed by atoms with van der Waals surface area (Å²) >= 11 is 4.78. The van der Waals surface area contributed by atoms with E-state index in [1.807, 2.05) is 12.1 Å². The second-order valence-corrected chi connectivity index (χ2v) is 8.11. The molecule has 1 unspecified atom stereocenters. The van der Waals surface area contributed by atoms with Crippen LogP contribution in [-0.2, 0) is 16.0 Å². The number of methoxy groups -OCH3 is 2. The molecule has 0 saturated carbocycles. The fourth-order valence-corrected chi connectivity index (χ4v) is 4.20. The Balaban J connectivity index is 2.00. The number of esters is 1. The first-order chi connectivity index (χ1) is 13.0. The van der Waals surface area contributed by atoms with Crippen LogP contribution in [0.15, 0.2) is 16.5 Å². The maximum absolute atomic E-state index is 12.6. The van der Waals surface area contributed by atoms with E-state index in [0.29, 0.717) is 27.6 Å². The Morgan fingerprint density at radius 3 is 2.78 bits per heavy atom. The number of thiophene rings is 1. The molecular formula is C19H20BrNO5S. The van der Waals surface area contributed by atoms with Crippen molar-refractivity contribution in [1.29, 1.82) is 0 Å². The lowest BCUT2D eigenvalue weighted by Gasteiger charge is -2.06. The number of aromatic nitrogens is 1. The summed E-state index contributed by atoms with van der Waals surface area (Å²) in [6.07, 6.45) is 1.74. The van der Waals surface area contributed by atoms with Crippen LogP contribution in [0.4, 0.5) is 0 Å². The van der Waals surface area contributed by atoms with E-state index in [-0.39, 0.29) is 18.2 Å². The van der Waals surface area contributed by atoms with Gasteiger partial charge in [0.1, 0.15) is 5.52 Å². The Hall–Kier alpha value is -1.93. The zero-order valence-corrected chi connectivity index (χ0v) is 17.7.